The monoisotopic (exact) mass is 383 g/mol. The third-order valence-electron chi connectivity index (χ3n) is 5.81. The van der Waals surface area contributed by atoms with Crippen LogP contribution < -0.4 is 5.32 Å². The fraction of sp³-hybridized carbons (Fsp3) is 0.476. The fourth-order valence-electron chi connectivity index (χ4n) is 4.61. The zero-order chi connectivity index (χ0) is 19.0. The largest absolute Gasteiger partial charge is 0.333 e. The molecule has 0 aliphatic carbocycles. The van der Waals surface area contributed by atoms with Gasteiger partial charge in [-0.3, -0.25) is 9.59 Å². The highest BCUT2D eigenvalue weighted by molar-refractivity contribution is 7.09. The van der Waals surface area contributed by atoms with Gasteiger partial charge in [0.1, 0.15) is 5.69 Å². The molecule has 0 unspecified atom stereocenters. The molecule has 0 bridgehead atoms. The van der Waals surface area contributed by atoms with Crippen molar-refractivity contribution >= 4 is 28.8 Å². The minimum atomic E-state index is -0.634. The van der Waals surface area contributed by atoms with Gasteiger partial charge < -0.3 is 10.2 Å². The molecule has 1 aromatic heterocycles. The molecule has 4 rings (SSSR count). The zero-order valence-electron chi connectivity index (χ0n) is 15.8. The Kier molecular flexibility index (Phi) is 4.76. The van der Waals surface area contributed by atoms with Crippen molar-refractivity contribution in [3.8, 4) is 0 Å². The maximum atomic E-state index is 13.2. The van der Waals surface area contributed by atoms with E-state index in [0.717, 1.165) is 41.9 Å². The van der Waals surface area contributed by atoms with E-state index in [2.05, 4.69) is 24.1 Å². The third-order valence-corrected chi connectivity index (χ3v) is 6.72. The number of para-hydroxylation sites is 1. The van der Waals surface area contributed by atoms with E-state index in [1.54, 1.807) is 11.3 Å². The summed E-state index contributed by atoms with van der Waals surface area (Å²) in [6.45, 7) is 4.81. The van der Waals surface area contributed by atoms with Crippen LogP contribution in [-0.4, -0.2) is 34.3 Å². The number of carbonyl (C=O) groups is 2. The van der Waals surface area contributed by atoms with Gasteiger partial charge in [-0.1, -0.05) is 38.5 Å². The van der Waals surface area contributed by atoms with Crippen LogP contribution >= 0.6 is 11.3 Å². The second kappa shape index (κ2) is 7.08. The Hall–Kier alpha value is -2.21. The van der Waals surface area contributed by atoms with E-state index in [-0.39, 0.29) is 17.9 Å². The molecule has 3 heterocycles. The number of aryl methyl sites for hydroxylation is 1. The van der Waals surface area contributed by atoms with Crippen LogP contribution in [0, 0.1) is 0 Å². The maximum Gasteiger partial charge on any atom is 0.273 e. The Morgan fingerprint density at radius 2 is 2.15 bits per heavy atom. The van der Waals surface area contributed by atoms with Crippen molar-refractivity contribution in [3.63, 3.8) is 0 Å². The number of hydrogen-bond acceptors (Lipinski definition) is 4. The first-order valence-corrected chi connectivity index (χ1v) is 10.7. The summed E-state index contributed by atoms with van der Waals surface area (Å²) in [5.74, 6) is -0.0106. The molecular weight excluding hydrogens is 358 g/mol. The van der Waals surface area contributed by atoms with Gasteiger partial charge in [0.25, 0.3) is 5.91 Å². The molecule has 0 radical (unpaired) electrons. The topological polar surface area (TPSA) is 62.3 Å². The molecule has 2 amide bonds. The first kappa shape index (κ1) is 18.2. The normalized spacial score (nSPS) is 23.7. The predicted octanol–water partition coefficient (Wildman–Crippen LogP) is 4.00. The van der Waals surface area contributed by atoms with Gasteiger partial charge in [0.15, 0.2) is 0 Å². The number of carbonyl (C=O) groups excluding carboxylic acids is 2. The van der Waals surface area contributed by atoms with Crippen LogP contribution in [0.25, 0.3) is 0 Å². The second-order valence-electron chi connectivity index (χ2n) is 7.40. The lowest BCUT2D eigenvalue weighted by atomic mass is 9.73. The molecule has 1 N–H and O–H groups in total. The first-order chi connectivity index (χ1) is 13.1. The lowest BCUT2D eigenvalue weighted by molar-refractivity contribution is -0.121. The van der Waals surface area contributed by atoms with Crippen molar-refractivity contribution in [2.45, 2.75) is 57.4 Å². The van der Waals surface area contributed by atoms with Crippen molar-refractivity contribution in [2.75, 3.05) is 11.9 Å². The molecule has 142 valence electrons. The highest BCUT2D eigenvalue weighted by Gasteiger charge is 2.58. The second-order valence-corrected chi connectivity index (χ2v) is 8.34. The Morgan fingerprint density at radius 3 is 2.93 bits per heavy atom. The molecule has 5 nitrogen and oxygen atoms in total. The van der Waals surface area contributed by atoms with E-state index < -0.39 is 5.41 Å². The van der Waals surface area contributed by atoms with E-state index in [4.69, 9.17) is 0 Å². The lowest BCUT2D eigenvalue weighted by Gasteiger charge is -2.33. The van der Waals surface area contributed by atoms with Crippen molar-refractivity contribution in [1.82, 2.24) is 9.88 Å². The predicted molar refractivity (Wildman–Crippen MR) is 107 cm³/mol. The minimum Gasteiger partial charge on any atom is -0.333 e. The first-order valence-electron chi connectivity index (χ1n) is 9.78. The molecule has 2 atom stereocenters. The number of anilines is 1. The molecule has 1 spiro atoms. The maximum absolute atomic E-state index is 13.2. The van der Waals surface area contributed by atoms with Crippen molar-refractivity contribution in [3.05, 3.63) is 45.9 Å². The number of rotatable bonds is 5. The van der Waals surface area contributed by atoms with E-state index in [9.17, 15) is 9.59 Å². The summed E-state index contributed by atoms with van der Waals surface area (Å²) in [6, 6.07) is 7.77. The number of benzene rings is 1. The number of aromatic nitrogens is 1. The quantitative estimate of drug-likeness (QED) is 0.849. The molecule has 2 aromatic rings. The van der Waals surface area contributed by atoms with Gasteiger partial charge in [-0.2, -0.15) is 0 Å². The highest BCUT2D eigenvalue weighted by Crippen LogP contribution is 2.49. The number of amides is 2. The SMILES string of the molecule is CCCc1nc(C(=O)N2CC[C@]3(C(=O)Nc4ccccc43)[C@@H]2CCC)cs1. The van der Waals surface area contributed by atoms with Crippen LogP contribution in [0.4, 0.5) is 5.69 Å². The van der Waals surface area contributed by atoms with Gasteiger partial charge in [-0.05, 0) is 37.3 Å². The Balaban J connectivity index is 1.69. The van der Waals surface area contributed by atoms with Crippen LogP contribution in [0.3, 0.4) is 0 Å². The Labute approximate surface area is 163 Å². The molecule has 6 heteroatoms. The van der Waals surface area contributed by atoms with Gasteiger partial charge in [0.05, 0.1) is 16.5 Å². The standard InChI is InChI=1S/C21H25N3O2S/c1-3-7-17-21(14-9-5-6-10-15(14)23-20(21)26)11-12-24(17)19(25)16-13-27-18(22-16)8-4-2/h5-6,9-10,13,17H,3-4,7-8,11-12H2,1-2H3,(H,23,26)/t17-,21+/m0/s1. The van der Waals surface area contributed by atoms with Crippen LogP contribution in [0.15, 0.2) is 29.6 Å². The van der Waals surface area contributed by atoms with Crippen LogP contribution in [0.5, 0.6) is 0 Å². The van der Waals surface area contributed by atoms with Gasteiger partial charge in [-0.15, -0.1) is 11.3 Å². The molecule has 1 aromatic carbocycles. The summed E-state index contributed by atoms with van der Waals surface area (Å²) in [7, 11) is 0. The Morgan fingerprint density at radius 1 is 1.33 bits per heavy atom. The summed E-state index contributed by atoms with van der Waals surface area (Å²) in [4.78, 5) is 32.8. The van der Waals surface area contributed by atoms with Crippen molar-refractivity contribution < 1.29 is 9.59 Å². The fourth-order valence-corrected chi connectivity index (χ4v) is 5.48. The molecule has 0 saturated carbocycles. The number of likely N-dealkylation sites (tertiary alicyclic amines) is 1. The van der Waals surface area contributed by atoms with Crippen LogP contribution in [0.2, 0.25) is 0 Å². The van der Waals surface area contributed by atoms with Gasteiger partial charge in [-0.25, -0.2) is 4.98 Å². The van der Waals surface area contributed by atoms with Gasteiger partial charge in [0, 0.05) is 17.6 Å². The average molecular weight is 384 g/mol. The lowest BCUT2D eigenvalue weighted by Crippen LogP contribution is -2.48. The van der Waals surface area contributed by atoms with Crippen LogP contribution in [0.1, 0.15) is 60.6 Å². The molecular formula is C21H25N3O2S. The summed E-state index contributed by atoms with van der Waals surface area (Å²) in [5.41, 5.74) is 1.81. The Bertz CT molecular complexity index is 878. The average Bonchev–Trinajstić information content (AvgIpc) is 3.35. The molecule has 27 heavy (non-hydrogen) atoms. The number of nitrogens with zero attached hydrogens (tertiary/aromatic N) is 2. The van der Waals surface area contributed by atoms with E-state index in [0.29, 0.717) is 18.7 Å². The molecule has 1 fully saturated rings. The number of hydrogen-bond donors (Lipinski definition) is 1. The van der Waals surface area contributed by atoms with E-state index >= 15 is 0 Å². The van der Waals surface area contributed by atoms with Gasteiger partial charge >= 0.3 is 0 Å². The smallest absolute Gasteiger partial charge is 0.273 e. The molecule has 2 aliphatic rings. The number of nitrogens with one attached hydrogen (secondary N) is 1. The van der Waals surface area contributed by atoms with Crippen molar-refractivity contribution in [2.24, 2.45) is 0 Å². The number of fused-ring (bicyclic) bond motifs is 2. The summed E-state index contributed by atoms with van der Waals surface area (Å²) < 4.78 is 0. The summed E-state index contributed by atoms with van der Waals surface area (Å²) in [5, 5.41) is 5.92. The minimum absolute atomic E-state index is 0.0300. The third kappa shape index (κ3) is 2.78. The van der Waals surface area contributed by atoms with Gasteiger partial charge in [0.2, 0.25) is 5.91 Å². The summed E-state index contributed by atoms with van der Waals surface area (Å²) >= 11 is 1.55. The van der Waals surface area contributed by atoms with Crippen LogP contribution in [-0.2, 0) is 16.6 Å². The van der Waals surface area contributed by atoms with E-state index in [1.165, 1.54) is 0 Å². The molecule has 2 aliphatic heterocycles. The zero-order valence-corrected chi connectivity index (χ0v) is 16.6. The number of thiazole rings is 1. The summed E-state index contributed by atoms with van der Waals surface area (Å²) in [6.07, 6.45) is 4.31. The highest BCUT2D eigenvalue weighted by atomic mass is 32.1. The van der Waals surface area contributed by atoms with Crippen molar-refractivity contribution in [1.29, 1.82) is 0 Å². The molecule has 1 saturated heterocycles. The van der Waals surface area contributed by atoms with E-state index in [1.807, 2.05) is 34.5 Å².